The Kier molecular flexibility index (Phi) is 5.39. The third kappa shape index (κ3) is 4.10. The molecule has 0 radical (unpaired) electrons. The van der Waals surface area contributed by atoms with Crippen LogP contribution in [0.5, 0.6) is 5.75 Å². The highest BCUT2D eigenvalue weighted by atomic mass is 16.5. The SMILES string of the molecule is CC(=O)N(C)C1CCC2(CC1)CN(C(=O)c1ccc3oc(C)cc3c1)Cc1ccccc1O2. The van der Waals surface area contributed by atoms with Crippen LogP contribution in [0.4, 0.5) is 0 Å². The van der Waals surface area contributed by atoms with Crippen molar-refractivity contribution in [3.05, 3.63) is 65.4 Å². The fourth-order valence-electron chi connectivity index (χ4n) is 5.28. The highest BCUT2D eigenvalue weighted by molar-refractivity contribution is 5.98. The van der Waals surface area contributed by atoms with Crippen LogP contribution in [0.15, 0.2) is 52.9 Å². The Morgan fingerprint density at radius 3 is 2.61 bits per heavy atom. The zero-order valence-corrected chi connectivity index (χ0v) is 19.5. The van der Waals surface area contributed by atoms with Gasteiger partial charge in [0.05, 0.1) is 6.54 Å². The molecule has 2 aromatic carbocycles. The minimum Gasteiger partial charge on any atom is -0.485 e. The van der Waals surface area contributed by atoms with Crippen molar-refractivity contribution in [2.75, 3.05) is 13.6 Å². The number of para-hydroxylation sites is 1. The van der Waals surface area contributed by atoms with E-state index in [1.807, 2.05) is 72.3 Å². The molecule has 2 heterocycles. The lowest BCUT2D eigenvalue weighted by Gasteiger charge is -2.43. The number of aryl methyl sites for hydroxylation is 1. The number of carbonyl (C=O) groups excluding carboxylic acids is 2. The predicted octanol–water partition coefficient (Wildman–Crippen LogP) is 4.94. The molecule has 0 bridgehead atoms. The maximum atomic E-state index is 13.7. The predicted molar refractivity (Wildman–Crippen MR) is 126 cm³/mol. The molecule has 6 nitrogen and oxygen atoms in total. The maximum Gasteiger partial charge on any atom is 0.254 e. The van der Waals surface area contributed by atoms with Crippen LogP contribution in [-0.2, 0) is 11.3 Å². The lowest BCUT2D eigenvalue weighted by atomic mass is 9.81. The number of amides is 2. The summed E-state index contributed by atoms with van der Waals surface area (Å²) in [7, 11) is 1.87. The van der Waals surface area contributed by atoms with E-state index in [2.05, 4.69) is 0 Å². The van der Waals surface area contributed by atoms with E-state index >= 15 is 0 Å². The van der Waals surface area contributed by atoms with Gasteiger partial charge in [-0.15, -0.1) is 0 Å². The number of hydrogen-bond acceptors (Lipinski definition) is 4. The van der Waals surface area contributed by atoms with Crippen molar-refractivity contribution in [3.8, 4) is 5.75 Å². The molecule has 0 N–H and O–H groups in total. The highest BCUT2D eigenvalue weighted by Gasteiger charge is 2.43. The molecule has 1 spiro atoms. The Labute approximate surface area is 194 Å². The first-order chi connectivity index (χ1) is 15.8. The van der Waals surface area contributed by atoms with E-state index in [0.717, 1.165) is 53.7 Å². The molecule has 33 heavy (non-hydrogen) atoms. The van der Waals surface area contributed by atoms with Crippen LogP contribution >= 0.6 is 0 Å². The quantitative estimate of drug-likeness (QED) is 0.560. The molecule has 2 aliphatic rings. The molecule has 1 aliphatic carbocycles. The van der Waals surface area contributed by atoms with E-state index in [1.54, 1.807) is 6.92 Å². The normalized spacial score (nSPS) is 22.5. The standard InChI is InChI=1S/C27H30N2O4/c1-18-14-22-15-20(8-9-24(22)32-18)26(31)29-16-21-6-4-5-7-25(21)33-27(17-29)12-10-23(11-13-27)28(3)19(2)30/h4-9,14-15,23H,10-13,16-17H2,1-3H3. The number of benzene rings is 2. The Morgan fingerprint density at radius 2 is 1.85 bits per heavy atom. The summed E-state index contributed by atoms with van der Waals surface area (Å²) in [6.45, 7) is 4.56. The van der Waals surface area contributed by atoms with Gasteiger partial charge in [-0.05, 0) is 62.9 Å². The van der Waals surface area contributed by atoms with Crippen molar-refractivity contribution < 1.29 is 18.7 Å². The summed E-state index contributed by atoms with van der Waals surface area (Å²) in [5.74, 6) is 1.77. The summed E-state index contributed by atoms with van der Waals surface area (Å²) in [6, 6.07) is 15.8. The fourth-order valence-corrected chi connectivity index (χ4v) is 5.28. The topological polar surface area (TPSA) is 63.0 Å². The zero-order valence-electron chi connectivity index (χ0n) is 19.5. The molecule has 0 saturated heterocycles. The molecule has 3 aromatic rings. The van der Waals surface area contributed by atoms with Gasteiger partial charge in [-0.1, -0.05) is 18.2 Å². The first kappa shape index (κ1) is 21.6. The monoisotopic (exact) mass is 446 g/mol. The van der Waals surface area contributed by atoms with Gasteiger partial charge in [-0.2, -0.15) is 0 Å². The number of ether oxygens (including phenoxy) is 1. The van der Waals surface area contributed by atoms with E-state index in [-0.39, 0.29) is 17.9 Å². The van der Waals surface area contributed by atoms with Crippen molar-refractivity contribution in [1.82, 2.24) is 9.80 Å². The molecule has 0 atom stereocenters. The Hall–Kier alpha value is -3.28. The van der Waals surface area contributed by atoms with Crippen LogP contribution in [-0.4, -0.2) is 46.8 Å². The van der Waals surface area contributed by atoms with Gasteiger partial charge in [0.2, 0.25) is 5.91 Å². The van der Waals surface area contributed by atoms with Crippen LogP contribution in [0, 0.1) is 6.92 Å². The number of rotatable bonds is 2. The van der Waals surface area contributed by atoms with Crippen molar-refractivity contribution in [1.29, 1.82) is 0 Å². The number of furan rings is 1. The summed E-state index contributed by atoms with van der Waals surface area (Å²) in [4.78, 5) is 29.3. The van der Waals surface area contributed by atoms with E-state index in [9.17, 15) is 9.59 Å². The maximum absolute atomic E-state index is 13.7. The Balaban J connectivity index is 1.44. The molecular formula is C27H30N2O4. The second-order valence-corrected chi connectivity index (χ2v) is 9.52. The van der Waals surface area contributed by atoms with Gasteiger partial charge in [-0.3, -0.25) is 9.59 Å². The second-order valence-electron chi connectivity index (χ2n) is 9.52. The van der Waals surface area contributed by atoms with Gasteiger partial charge in [0.25, 0.3) is 5.91 Å². The largest absolute Gasteiger partial charge is 0.485 e. The van der Waals surface area contributed by atoms with Crippen LogP contribution in [0.3, 0.4) is 0 Å². The molecule has 1 aliphatic heterocycles. The Morgan fingerprint density at radius 1 is 1.09 bits per heavy atom. The van der Waals surface area contributed by atoms with Gasteiger partial charge in [0.15, 0.2) is 0 Å². The summed E-state index contributed by atoms with van der Waals surface area (Å²) < 4.78 is 12.3. The highest BCUT2D eigenvalue weighted by Crippen LogP contribution is 2.39. The number of nitrogens with zero attached hydrogens (tertiary/aromatic N) is 2. The minimum absolute atomic E-state index is 0.00147. The molecule has 1 aromatic heterocycles. The summed E-state index contributed by atoms with van der Waals surface area (Å²) in [5.41, 5.74) is 2.01. The van der Waals surface area contributed by atoms with Crippen molar-refractivity contribution in [3.63, 3.8) is 0 Å². The van der Waals surface area contributed by atoms with Gasteiger partial charge in [0.1, 0.15) is 22.7 Å². The van der Waals surface area contributed by atoms with Crippen molar-refractivity contribution in [2.24, 2.45) is 0 Å². The van der Waals surface area contributed by atoms with Gasteiger partial charge in [0, 0.05) is 43.1 Å². The Bertz CT molecular complexity index is 1210. The van der Waals surface area contributed by atoms with E-state index in [0.29, 0.717) is 18.7 Å². The van der Waals surface area contributed by atoms with E-state index < -0.39 is 5.60 Å². The fraction of sp³-hybridized carbons (Fsp3) is 0.407. The minimum atomic E-state index is -0.452. The summed E-state index contributed by atoms with van der Waals surface area (Å²) >= 11 is 0. The summed E-state index contributed by atoms with van der Waals surface area (Å²) in [5, 5.41) is 0.937. The molecule has 5 rings (SSSR count). The second kappa shape index (κ2) is 8.25. The average Bonchev–Trinajstić information content (AvgIpc) is 3.10. The molecule has 0 unspecified atom stereocenters. The first-order valence-corrected chi connectivity index (χ1v) is 11.6. The average molecular weight is 447 g/mol. The van der Waals surface area contributed by atoms with Crippen LogP contribution in [0.25, 0.3) is 11.0 Å². The van der Waals surface area contributed by atoms with Crippen molar-refractivity contribution in [2.45, 2.75) is 57.7 Å². The van der Waals surface area contributed by atoms with Crippen LogP contribution in [0.2, 0.25) is 0 Å². The lowest BCUT2D eigenvalue weighted by Crippen LogP contribution is -2.52. The van der Waals surface area contributed by atoms with Gasteiger partial charge in [-0.25, -0.2) is 0 Å². The number of fused-ring (bicyclic) bond motifs is 2. The van der Waals surface area contributed by atoms with Crippen LogP contribution in [0.1, 0.15) is 54.3 Å². The lowest BCUT2D eigenvalue weighted by molar-refractivity contribution is -0.131. The molecule has 6 heteroatoms. The number of carbonyl (C=O) groups is 2. The summed E-state index contributed by atoms with van der Waals surface area (Å²) in [6.07, 6.45) is 3.32. The third-order valence-corrected chi connectivity index (χ3v) is 7.22. The van der Waals surface area contributed by atoms with Gasteiger partial charge < -0.3 is 19.0 Å². The zero-order chi connectivity index (χ0) is 23.2. The first-order valence-electron chi connectivity index (χ1n) is 11.6. The van der Waals surface area contributed by atoms with Gasteiger partial charge >= 0.3 is 0 Å². The van der Waals surface area contributed by atoms with Crippen molar-refractivity contribution >= 4 is 22.8 Å². The van der Waals surface area contributed by atoms with E-state index in [1.165, 1.54) is 0 Å². The number of hydrogen-bond donors (Lipinski definition) is 0. The molecular weight excluding hydrogens is 416 g/mol. The molecule has 1 saturated carbocycles. The third-order valence-electron chi connectivity index (χ3n) is 7.22. The van der Waals surface area contributed by atoms with E-state index in [4.69, 9.17) is 9.15 Å². The van der Waals surface area contributed by atoms with Crippen LogP contribution < -0.4 is 4.74 Å². The molecule has 2 amide bonds. The molecule has 172 valence electrons. The smallest absolute Gasteiger partial charge is 0.254 e. The molecule has 1 fully saturated rings.